The predicted octanol–water partition coefficient (Wildman–Crippen LogP) is 1.20. The second kappa shape index (κ2) is 4.43. The van der Waals surface area contributed by atoms with E-state index in [9.17, 15) is 9.59 Å². The number of carbonyl (C=O) groups excluding carboxylic acids is 1. The van der Waals surface area contributed by atoms with Gasteiger partial charge in [0.05, 0.1) is 4.75 Å². The van der Waals surface area contributed by atoms with Crippen LogP contribution in [0, 0.1) is 0 Å². The Kier molecular flexibility index (Phi) is 3.65. The van der Waals surface area contributed by atoms with Crippen molar-refractivity contribution >= 4 is 23.6 Å². The number of aliphatic carboxylic acids is 1. The van der Waals surface area contributed by atoms with Crippen LogP contribution in [-0.2, 0) is 9.59 Å². The van der Waals surface area contributed by atoms with Gasteiger partial charge in [0.15, 0.2) is 0 Å². The Morgan fingerprint density at radius 2 is 2.13 bits per heavy atom. The molecule has 2 unspecified atom stereocenters. The Morgan fingerprint density at radius 1 is 1.53 bits per heavy atom. The smallest absolute Gasteiger partial charge is 0.326 e. The highest BCUT2D eigenvalue weighted by Gasteiger charge is 2.40. The second-order valence-electron chi connectivity index (χ2n) is 4.11. The third-order valence-corrected chi connectivity index (χ3v) is 4.44. The van der Waals surface area contributed by atoms with E-state index in [0.717, 1.165) is 18.6 Å². The van der Waals surface area contributed by atoms with Crippen molar-refractivity contribution in [2.75, 3.05) is 12.8 Å². The summed E-state index contributed by atoms with van der Waals surface area (Å²) in [6.45, 7) is 3.43. The molecule has 1 N–H and O–H groups in total. The van der Waals surface area contributed by atoms with Crippen molar-refractivity contribution in [2.45, 2.75) is 37.5 Å². The zero-order chi connectivity index (χ0) is 11.6. The van der Waals surface area contributed by atoms with Crippen LogP contribution in [-0.4, -0.2) is 45.5 Å². The minimum absolute atomic E-state index is 0.0695. The average Bonchev–Trinajstić information content (AvgIpc) is 2.62. The highest BCUT2D eigenvalue weighted by molar-refractivity contribution is 8.01. The lowest BCUT2D eigenvalue weighted by molar-refractivity contribution is -0.149. The zero-order valence-corrected chi connectivity index (χ0v) is 10.1. The van der Waals surface area contributed by atoms with Gasteiger partial charge in [0.1, 0.15) is 6.04 Å². The first-order valence-corrected chi connectivity index (χ1v) is 6.01. The van der Waals surface area contributed by atoms with Gasteiger partial charge in [-0.3, -0.25) is 4.79 Å². The molecule has 5 heteroatoms. The Bertz CT molecular complexity index is 274. The SMILES string of the molecule is CC(C(=O)O)N(C)C(=O)C1(C)CCCS1. The molecule has 0 aliphatic carbocycles. The second-order valence-corrected chi connectivity index (χ2v) is 5.71. The number of carbonyl (C=O) groups is 2. The minimum Gasteiger partial charge on any atom is -0.480 e. The zero-order valence-electron chi connectivity index (χ0n) is 9.32. The lowest BCUT2D eigenvalue weighted by Gasteiger charge is -2.30. The van der Waals surface area contributed by atoms with Gasteiger partial charge in [0, 0.05) is 7.05 Å². The van der Waals surface area contributed by atoms with Crippen molar-refractivity contribution in [3.8, 4) is 0 Å². The van der Waals surface area contributed by atoms with Crippen LogP contribution in [0.3, 0.4) is 0 Å². The van der Waals surface area contributed by atoms with E-state index in [1.54, 1.807) is 18.8 Å². The van der Waals surface area contributed by atoms with Crippen LogP contribution in [0.4, 0.5) is 0 Å². The standard InChI is InChI=1S/C10H17NO3S/c1-7(8(12)13)11(3)9(14)10(2)5-4-6-15-10/h7H,4-6H2,1-3H3,(H,12,13). The number of carboxylic acid groups (broad SMARTS) is 1. The number of nitrogens with zero attached hydrogens (tertiary/aromatic N) is 1. The molecule has 1 amide bonds. The Morgan fingerprint density at radius 3 is 2.53 bits per heavy atom. The van der Waals surface area contributed by atoms with Gasteiger partial charge in [-0.05, 0) is 32.4 Å². The molecule has 0 aromatic rings. The number of likely N-dealkylation sites (N-methyl/N-ethyl adjacent to an activating group) is 1. The van der Waals surface area contributed by atoms with Crippen LogP contribution in [0.2, 0.25) is 0 Å². The summed E-state index contributed by atoms with van der Waals surface area (Å²) in [6.07, 6.45) is 1.87. The average molecular weight is 231 g/mol. The summed E-state index contributed by atoms with van der Waals surface area (Å²) in [5.41, 5.74) is 0. The first-order chi connectivity index (χ1) is 6.88. The van der Waals surface area contributed by atoms with Crippen molar-refractivity contribution in [3.63, 3.8) is 0 Å². The van der Waals surface area contributed by atoms with Crippen LogP contribution in [0.15, 0.2) is 0 Å². The summed E-state index contributed by atoms with van der Waals surface area (Å²) in [7, 11) is 1.56. The Hall–Kier alpha value is -0.710. The van der Waals surface area contributed by atoms with Gasteiger partial charge in [-0.15, -0.1) is 11.8 Å². The molecule has 86 valence electrons. The lowest BCUT2D eigenvalue weighted by Crippen LogP contribution is -2.48. The number of hydrogen-bond acceptors (Lipinski definition) is 3. The van der Waals surface area contributed by atoms with Gasteiger partial charge >= 0.3 is 5.97 Å². The summed E-state index contributed by atoms with van der Waals surface area (Å²) in [5, 5.41) is 8.83. The van der Waals surface area contributed by atoms with Crippen LogP contribution in [0.5, 0.6) is 0 Å². The molecule has 1 rings (SSSR count). The quantitative estimate of drug-likeness (QED) is 0.793. The van der Waals surface area contributed by atoms with Crippen LogP contribution in [0.25, 0.3) is 0 Å². The number of carboxylic acids is 1. The van der Waals surface area contributed by atoms with Gasteiger partial charge < -0.3 is 10.0 Å². The number of thioether (sulfide) groups is 1. The van der Waals surface area contributed by atoms with Crippen molar-refractivity contribution in [3.05, 3.63) is 0 Å². The fraction of sp³-hybridized carbons (Fsp3) is 0.800. The molecule has 1 fully saturated rings. The van der Waals surface area contributed by atoms with E-state index in [-0.39, 0.29) is 5.91 Å². The first-order valence-electron chi connectivity index (χ1n) is 5.02. The molecule has 0 spiro atoms. The summed E-state index contributed by atoms with van der Waals surface area (Å²) in [4.78, 5) is 24.2. The lowest BCUT2D eigenvalue weighted by atomic mass is 10.0. The molecule has 0 radical (unpaired) electrons. The largest absolute Gasteiger partial charge is 0.480 e. The summed E-state index contributed by atoms with van der Waals surface area (Å²) in [6, 6.07) is -0.754. The summed E-state index contributed by atoms with van der Waals surface area (Å²) < 4.78 is -0.418. The highest BCUT2D eigenvalue weighted by Crippen LogP contribution is 2.39. The van der Waals surface area contributed by atoms with E-state index < -0.39 is 16.8 Å². The molecular formula is C10H17NO3S. The van der Waals surface area contributed by atoms with Gasteiger partial charge in [-0.1, -0.05) is 0 Å². The maximum Gasteiger partial charge on any atom is 0.326 e. The molecule has 0 aromatic heterocycles. The third kappa shape index (κ3) is 2.45. The third-order valence-electron chi connectivity index (χ3n) is 2.93. The van der Waals surface area contributed by atoms with E-state index in [4.69, 9.17) is 5.11 Å². The monoisotopic (exact) mass is 231 g/mol. The van der Waals surface area contributed by atoms with Gasteiger partial charge in [-0.2, -0.15) is 0 Å². The van der Waals surface area contributed by atoms with Gasteiger partial charge in [0.2, 0.25) is 5.91 Å². The first kappa shape index (κ1) is 12.4. The Labute approximate surface area is 94.0 Å². The van der Waals surface area contributed by atoms with Crippen molar-refractivity contribution in [1.82, 2.24) is 4.90 Å². The molecule has 1 aliphatic heterocycles. The normalized spacial score (nSPS) is 27.4. The molecular weight excluding hydrogens is 214 g/mol. The maximum atomic E-state index is 12.1. The predicted molar refractivity (Wildman–Crippen MR) is 60.0 cm³/mol. The summed E-state index contributed by atoms with van der Waals surface area (Å²) >= 11 is 1.63. The highest BCUT2D eigenvalue weighted by atomic mass is 32.2. The molecule has 2 atom stereocenters. The molecule has 0 saturated carbocycles. The number of hydrogen-bond donors (Lipinski definition) is 1. The fourth-order valence-corrected chi connectivity index (χ4v) is 2.96. The molecule has 1 heterocycles. The number of rotatable bonds is 3. The molecule has 15 heavy (non-hydrogen) atoms. The van der Waals surface area contributed by atoms with Crippen LogP contribution < -0.4 is 0 Å². The topological polar surface area (TPSA) is 57.6 Å². The van der Waals surface area contributed by atoms with Crippen molar-refractivity contribution in [2.24, 2.45) is 0 Å². The molecule has 4 nitrogen and oxygen atoms in total. The minimum atomic E-state index is -0.961. The molecule has 1 aliphatic rings. The van der Waals surface area contributed by atoms with Gasteiger partial charge in [0.25, 0.3) is 0 Å². The van der Waals surface area contributed by atoms with E-state index in [2.05, 4.69) is 0 Å². The van der Waals surface area contributed by atoms with Crippen LogP contribution in [0.1, 0.15) is 26.7 Å². The molecule has 1 saturated heterocycles. The summed E-state index contributed by atoms with van der Waals surface area (Å²) in [5.74, 6) is -0.0466. The fourth-order valence-electron chi connectivity index (χ4n) is 1.66. The Balaban J connectivity index is 2.71. The van der Waals surface area contributed by atoms with Crippen molar-refractivity contribution in [1.29, 1.82) is 0 Å². The van der Waals surface area contributed by atoms with Crippen LogP contribution >= 0.6 is 11.8 Å². The van der Waals surface area contributed by atoms with E-state index in [1.807, 2.05) is 6.92 Å². The van der Waals surface area contributed by atoms with Gasteiger partial charge in [-0.25, -0.2) is 4.79 Å². The van der Waals surface area contributed by atoms with E-state index >= 15 is 0 Å². The molecule has 0 aromatic carbocycles. The maximum absolute atomic E-state index is 12.1. The van der Waals surface area contributed by atoms with E-state index in [0.29, 0.717) is 0 Å². The molecule has 0 bridgehead atoms. The number of amides is 1. The van der Waals surface area contributed by atoms with Crippen molar-refractivity contribution < 1.29 is 14.7 Å². The van der Waals surface area contributed by atoms with E-state index in [1.165, 1.54) is 11.8 Å².